The molecule has 1 saturated carbocycles. The van der Waals surface area contributed by atoms with Crippen molar-refractivity contribution in [2.45, 2.75) is 50.0 Å². The first-order valence-corrected chi connectivity index (χ1v) is 12.2. The third-order valence-corrected chi connectivity index (χ3v) is 7.66. The number of hydrogen-bond donors (Lipinski definition) is 3. The predicted octanol–water partition coefficient (Wildman–Crippen LogP) is 5.47. The lowest BCUT2D eigenvalue weighted by atomic mass is 9.66. The average Bonchev–Trinajstić information content (AvgIpc) is 3.29. The average molecular weight is 499 g/mol. The maximum atomic E-state index is 13.7. The molecule has 36 heavy (non-hydrogen) atoms. The number of carbonyl (C=O) groups is 1. The molecule has 0 bridgehead atoms. The molecule has 1 aliphatic carbocycles. The fourth-order valence-corrected chi connectivity index (χ4v) is 5.71. The van der Waals surface area contributed by atoms with Gasteiger partial charge in [-0.05, 0) is 66.3 Å². The number of benzene rings is 3. The molecule has 190 valence electrons. The lowest BCUT2D eigenvalue weighted by molar-refractivity contribution is -0.162. The number of nitrogens with one attached hydrogen (secondary N) is 1. The van der Waals surface area contributed by atoms with Gasteiger partial charge in [-0.25, -0.2) is 0 Å². The van der Waals surface area contributed by atoms with Gasteiger partial charge < -0.3 is 20.4 Å². The normalized spacial score (nSPS) is 25.1. The summed E-state index contributed by atoms with van der Waals surface area (Å²) in [6.07, 6.45) is -4.25. The van der Waals surface area contributed by atoms with E-state index < -0.39 is 29.2 Å². The first-order chi connectivity index (χ1) is 17.0. The molecule has 5 nitrogen and oxygen atoms in total. The van der Waals surface area contributed by atoms with Gasteiger partial charge in [0.25, 0.3) is 0 Å². The van der Waals surface area contributed by atoms with E-state index in [9.17, 15) is 23.1 Å². The van der Waals surface area contributed by atoms with Gasteiger partial charge in [-0.1, -0.05) is 42.5 Å². The summed E-state index contributed by atoms with van der Waals surface area (Å²) in [5.74, 6) is -1.94. The van der Waals surface area contributed by atoms with E-state index in [1.54, 1.807) is 0 Å². The molecular weight excluding hydrogens is 469 g/mol. The van der Waals surface area contributed by atoms with E-state index in [4.69, 9.17) is 5.11 Å². The summed E-state index contributed by atoms with van der Waals surface area (Å²) in [4.78, 5) is 13.2. The molecule has 1 heterocycles. The van der Waals surface area contributed by atoms with Gasteiger partial charge in [0.15, 0.2) is 0 Å². The lowest BCUT2D eigenvalue weighted by Gasteiger charge is -2.43. The van der Waals surface area contributed by atoms with Gasteiger partial charge in [0.1, 0.15) is 0 Å². The maximum Gasteiger partial charge on any atom is 0.416 e. The number of aliphatic carboxylic acids is 1. The quantitative estimate of drug-likeness (QED) is 0.420. The minimum Gasteiger partial charge on any atom is -0.481 e. The molecule has 0 amide bonds. The monoisotopic (exact) mass is 498 g/mol. The molecule has 0 aromatic heterocycles. The zero-order valence-corrected chi connectivity index (χ0v) is 19.9. The highest BCUT2D eigenvalue weighted by Crippen LogP contribution is 2.50. The van der Waals surface area contributed by atoms with Crippen LogP contribution in [0.25, 0.3) is 10.8 Å². The molecule has 0 radical (unpaired) electrons. The van der Waals surface area contributed by atoms with Crippen molar-refractivity contribution in [3.05, 3.63) is 77.4 Å². The van der Waals surface area contributed by atoms with E-state index in [0.717, 1.165) is 12.5 Å². The Morgan fingerprint density at radius 1 is 1.11 bits per heavy atom. The number of rotatable bonds is 6. The van der Waals surface area contributed by atoms with E-state index in [1.165, 1.54) is 28.5 Å². The van der Waals surface area contributed by atoms with Crippen LogP contribution in [0.2, 0.25) is 0 Å². The van der Waals surface area contributed by atoms with Crippen molar-refractivity contribution in [1.82, 2.24) is 5.32 Å². The van der Waals surface area contributed by atoms with Crippen LogP contribution in [0.15, 0.2) is 60.7 Å². The summed E-state index contributed by atoms with van der Waals surface area (Å²) in [7, 11) is 0. The van der Waals surface area contributed by atoms with Crippen LogP contribution in [0.1, 0.15) is 48.9 Å². The molecule has 3 aromatic carbocycles. The van der Waals surface area contributed by atoms with Crippen LogP contribution >= 0.6 is 0 Å². The highest BCUT2D eigenvalue weighted by atomic mass is 19.4. The molecular formula is C28H29F3N2O3. The Hall–Kier alpha value is -3.10. The van der Waals surface area contributed by atoms with E-state index in [0.29, 0.717) is 18.8 Å². The Labute approximate surface area is 207 Å². The molecule has 3 N–H and O–H groups in total. The van der Waals surface area contributed by atoms with Crippen molar-refractivity contribution in [1.29, 1.82) is 0 Å². The van der Waals surface area contributed by atoms with Crippen molar-refractivity contribution in [3.63, 3.8) is 0 Å². The van der Waals surface area contributed by atoms with Gasteiger partial charge in [-0.2, -0.15) is 13.2 Å². The first kappa shape index (κ1) is 24.6. The fraction of sp³-hybridized carbons (Fsp3) is 0.393. The van der Waals surface area contributed by atoms with E-state index in [-0.39, 0.29) is 30.5 Å². The number of carboxylic acid groups (broad SMARTS) is 1. The van der Waals surface area contributed by atoms with Gasteiger partial charge >= 0.3 is 12.1 Å². The summed E-state index contributed by atoms with van der Waals surface area (Å²) in [5, 5.41) is 26.1. The number of carboxylic acids is 1. The molecule has 1 aliphatic heterocycles. The van der Waals surface area contributed by atoms with Gasteiger partial charge in [0.2, 0.25) is 0 Å². The summed E-state index contributed by atoms with van der Waals surface area (Å²) in [6.45, 7) is 3.41. The van der Waals surface area contributed by atoms with Gasteiger partial charge in [0.05, 0.1) is 17.1 Å². The number of alkyl halides is 3. The van der Waals surface area contributed by atoms with Crippen molar-refractivity contribution >= 4 is 22.4 Å². The second-order valence-corrected chi connectivity index (χ2v) is 10.1. The third kappa shape index (κ3) is 4.55. The Balaban J connectivity index is 1.34. The van der Waals surface area contributed by atoms with Crippen molar-refractivity contribution in [2.24, 2.45) is 5.92 Å². The van der Waals surface area contributed by atoms with Crippen LogP contribution in [0, 0.1) is 5.92 Å². The zero-order valence-electron chi connectivity index (χ0n) is 19.9. The van der Waals surface area contributed by atoms with Crippen molar-refractivity contribution < 1.29 is 28.2 Å². The van der Waals surface area contributed by atoms with E-state index >= 15 is 0 Å². The fourth-order valence-electron chi connectivity index (χ4n) is 5.71. The molecule has 2 fully saturated rings. The van der Waals surface area contributed by atoms with Crippen LogP contribution in [-0.2, 0) is 16.6 Å². The van der Waals surface area contributed by atoms with Crippen LogP contribution in [0.3, 0.4) is 0 Å². The van der Waals surface area contributed by atoms with Crippen LogP contribution in [-0.4, -0.2) is 35.3 Å². The first-order valence-electron chi connectivity index (χ1n) is 12.2. The van der Waals surface area contributed by atoms with E-state index in [2.05, 4.69) is 36.5 Å². The largest absolute Gasteiger partial charge is 0.481 e. The number of fused-ring (bicyclic) bond motifs is 1. The van der Waals surface area contributed by atoms with Crippen molar-refractivity contribution in [3.8, 4) is 0 Å². The molecule has 0 spiro atoms. The molecule has 1 saturated heterocycles. The molecule has 8 heteroatoms. The predicted molar refractivity (Wildman–Crippen MR) is 132 cm³/mol. The Kier molecular flexibility index (Phi) is 6.21. The third-order valence-electron chi connectivity index (χ3n) is 7.66. The SMILES string of the molecule is C[C@@H](NC1CCN(c2ccc(C(F)(F)F)c(C3(O)CC(C(=O)O)C3)c2)C1)c1cccc2ccccc12. The molecule has 5 rings (SSSR count). The highest BCUT2D eigenvalue weighted by molar-refractivity contribution is 5.86. The second-order valence-electron chi connectivity index (χ2n) is 10.1. The lowest BCUT2D eigenvalue weighted by Crippen LogP contribution is -2.45. The Morgan fingerprint density at radius 3 is 2.56 bits per heavy atom. The minimum atomic E-state index is -4.64. The molecule has 1 unspecified atom stereocenters. The summed E-state index contributed by atoms with van der Waals surface area (Å²) >= 11 is 0. The number of anilines is 1. The molecule has 2 atom stereocenters. The second kappa shape index (κ2) is 9.09. The van der Waals surface area contributed by atoms with Crippen LogP contribution < -0.4 is 10.2 Å². The van der Waals surface area contributed by atoms with Gasteiger partial charge in [-0.3, -0.25) is 4.79 Å². The minimum absolute atomic E-state index is 0.0906. The molecule has 2 aliphatic rings. The summed E-state index contributed by atoms with van der Waals surface area (Å²) in [6, 6.07) is 18.5. The van der Waals surface area contributed by atoms with Crippen LogP contribution in [0.5, 0.6) is 0 Å². The Morgan fingerprint density at radius 2 is 1.83 bits per heavy atom. The smallest absolute Gasteiger partial charge is 0.416 e. The highest BCUT2D eigenvalue weighted by Gasteiger charge is 2.51. The zero-order chi connectivity index (χ0) is 25.7. The van der Waals surface area contributed by atoms with Crippen LogP contribution in [0.4, 0.5) is 18.9 Å². The summed E-state index contributed by atoms with van der Waals surface area (Å²) < 4.78 is 41.2. The Bertz CT molecular complexity index is 1280. The molecule has 3 aromatic rings. The number of hydrogen-bond acceptors (Lipinski definition) is 4. The van der Waals surface area contributed by atoms with E-state index in [1.807, 2.05) is 23.1 Å². The number of halogens is 3. The number of aliphatic hydroxyl groups is 1. The van der Waals surface area contributed by atoms with Crippen molar-refractivity contribution in [2.75, 3.05) is 18.0 Å². The topological polar surface area (TPSA) is 72.8 Å². The standard InChI is InChI=1S/C28H29F3N2O3/c1-17(22-8-4-6-18-5-2-3-7-23(18)22)32-20-11-12-33(16-20)21-9-10-24(28(29,30)31)25(13-21)27(36)14-19(15-27)26(34)35/h2-10,13,17,19-20,32,36H,11-12,14-16H2,1H3,(H,34,35)/t17-,19?,20?,27?/m1/s1. The van der Waals surface area contributed by atoms with Gasteiger partial charge in [-0.15, -0.1) is 0 Å². The summed E-state index contributed by atoms with van der Waals surface area (Å²) in [5.41, 5.74) is -1.12. The maximum absolute atomic E-state index is 13.7. The number of nitrogens with zero attached hydrogens (tertiary/aromatic N) is 1. The van der Waals surface area contributed by atoms with Gasteiger partial charge in [0, 0.05) is 30.9 Å².